The minimum Gasteiger partial charge on any atom is -0.462 e. The Morgan fingerprint density at radius 3 is 2.48 bits per heavy atom. The molecule has 4 heteroatoms. The first kappa shape index (κ1) is 15.5. The lowest BCUT2D eigenvalue weighted by Crippen LogP contribution is -2.25. The van der Waals surface area contributed by atoms with Gasteiger partial charge in [0.25, 0.3) is 0 Å². The number of esters is 2. The van der Waals surface area contributed by atoms with E-state index in [-0.39, 0.29) is 18.5 Å². The number of benzene rings is 1. The second-order valence-electron chi connectivity index (χ2n) is 5.54. The van der Waals surface area contributed by atoms with Crippen LogP contribution in [0.25, 0.3) is 0 Å². The maximum absolute atomic E-state index is 11.9. The molecular formula is C17H22O4. The van der Waals surface area contributed by atoms with E-state index in [1.165, 1.54) is 6.42 Å². The third kappa shape index (κ3) is 5.21. The molecule has 4 nitrogen and oxygen atoms in total. The normalized spacial score (nSPS) is 17.0. The Hall–Kier alpha value is -1.84. The SMILES string of the molecule is CC(CC(=O)OC1CCCCC1)OC(=O)c1ccccc1. The van der Waals surface area contributed by atoms with Crippen LogP contribution in [-0.4, -0.2) is 24.1 Å². The first-order valence-corrected chi connectivity index (χ1v) is 7.60. The standard InChI is InChI=1S/C17H22O4/c1-13(20-17(19)14-8-4-2-5-9-14)12-16(18)21-15-10-6-3-7-11-15/h2,4-5,8-9,13,15H,3,6-7,10-12H2,1H3. The van der Waals surface area contributed by atoms with Crippen LogP contribution in [0.1, 0.15) is 55.8 Å². The summed E-state index contributed by atoms with van der Waals surface area (Å²) >= 11 is 0. The highest BCUT2D eigenvalue weighted by molar-refractivity contribution is 5.89. The van der Waals surface area contributed by atoms with Crippen LogP contribution in [0.15, 0.2) is 30.3 Å². The van der Waals surface area contributed by atoms with Gasteiger partial charge in [-0.3, -0.25) is 4.79 Å². The molecule has 0 spiro atoms. The van der Waals surface area contributed by atoms with Gasteiger partial charge in [-0.15, -0.1) is 0 Å². The highest BCUT2D eigenvalue weighted by Gasteiger charge is 2.21. The Morgan fingerprint density at radius 1 is 1.14 bits per heavy atom. The predicted molar refractivity (Wildman–Crippen MR) is 78.9 cm³/mol. The molecule has 21 heavy (non-hydrogen) atoms. The molecule has 1 aromatic rings. The number of hydrogen-bond donors (Lipinski definition) is 0. The van der Waals surface area contributed by atoms with E-state index in [1.54, 1.807) is 31.2 Å². The maximum Gasteiger partial charge on any atom is 0.338 e. The first-order valence-electron chi connectivity index (χ1n) is 7.60. The van der Waals surface area contributed by atoms with Crippen molar-refractivity contribution < 1.29 is 19.1 Å². The monoisotopic (exact) mass is 290 g/mol. The summed E-state index contributed by atoms with van der Waals surface area (Å²) in [6.07, 6.45) is 5.03. The molecule has 1 aromatic carbocycles. The lowest BCUT2D eigenvalue weighted by atomic mass is 9.98. The van der Waals surface area contributed by atoms with E-state index in [2.05, 4.69) is 0 Å². The van der Waals surface area contributed by atoms with Gasteiger partial charge in [-0.25, -0.2) is 4.79 Å². The van der Waals surface area contributed by atoms with Gasteiger partial charge < -0.3 is 9.47 Å². The lowest BCUT2D eigenvalue weighted by molar-refractivity contribution is -0.152. The summed E-state index contributed by atoms with van der Waals surface area (Å²) in [6.45, 7) is 1.71. The molecule has 0 aliphatic heterocycles. The van der Waals surface area contributed by atoms with E-state index in [4.69, 9.17) is 9.47 Å². The zero-order chi connectivity index (χ0) is 15.1. The highest BCUT2D eigenvalue weighted by atomic mass is 16.6. The van der Waals surface area contributed by atoms with Crippen molar-refractivity contribution in [2.75, 3.05) is 0 Å². The molecule has 0 bridgehead atoms. The van der Waals surface area contributed by atoms with E-state index < -0.39 is 12.1 Å². The zero-order valence-corrected chi connectivity index (χ0v) is 12.4. The second kappa shape index (κ2) is 7.81. The van der Waals surface area contributed by atoms with Gasteiger partial charge in [0.2, 0.25) is 0 Å². The molecule has 1 unspecified atom stereocenters. The van der Waals surface area contributed by atoms with Crippen molar-refractivity contribution in [1.82, 2.24) is 0 Å². The van der Waals surface area contributed by atoms with Gasteiger partial charge in [0.1, 0.15) is 12.2 Å². The van der Waals surface area contributed by atoms with Crippen LogP contribution in [0.5, 0.6) is 0 Å². The van der Waals surface area contributed by atoms with Crippen molar-refractivity contribution >= 4 is 11.9 Å². The summed E-state index contributed by atoms with van der Waals surface area (Å²) in [5, 5.41) is 0. The molecule has 0 N–H and O–H groups in total. The molecule has 1 atom stereocenters. The van der Waals surface area contributed by atoms with Gasteiger partial charge in [0.05, 0.1) is 12.0 Å². The Balaban J connectivity index is 1.74. The summed E-state index contributed by atoms with van der Waals surface area (Å²) in [4.78, 5) is 23.7. The van der Waals surface area contributed by atoms with E-state index in [0.29, 0.717) is 5.56 Å². The molecule has 1 saturated carbocycles. The molecule has 1 aliphatic carbocycles. The van der Waals surface area contributed by atoms with Gasteiger partial charge in [-0.2, -0.15) is 0 Å². The van der Waals surface area contributed by atoms with Gasteiger partial charge in [0.15, 0.2) is 0 Å². The summed E-state index contributed by atoms with van der Waals surface area (Å²) in [5.74, 6) is -0.691. The molecule has 1 fully saturated rings. The number of ether oxygens (including phenoxy) is 2. The third-order valence-corrected chi connectivity index (χ3v) is 3.62. The lowest BCUT2D eigenvalue weighted by Gasteiger charge is -2.22. The van der Waals surface area contributed by atoms with E-state index >= 15 is 0 Å². The van der Waals surface area contributed by atoms with Crippen LogP contribution in [0, 0.1) is 0 Å². The Labute approximate surface area is 125 Å². The van der Waals surface area contributed by atoms with E-state index in [9.17, 15) is 9.59 Å². The summed E-state index contributed by atoms with van der Waals surface area (Å²) < 4.78 is 10.7. The summed E-state index contributed by atoms with van der Waals surface area (Å²) in [5.41, 5.74) is 0.491. The Bertz CT molecular complexity index is 463. The number of carbonyl (C=O) groups excluding carboxylic acids is 2. The van der Waals surface area contributed by atoms with Crippen molar-refractivity contribution in [2.45, 2.75) is 57.7 Å². The predicted octanol–water partition coefficient (Wildman–Crippen LogP) is 3.50. The quantitative estimate of drug-likeness (QED) is 0.779. The summed E-state index contributed by atoms with van der Waals surface area (Å²) in [6, 6.07) is 8.77. The van der Waals surface area contributed by atoms with Crippen molar-refractivity contribution in [1.29, 1.82) is 0 Å². The Kier molecular flexibility index (Phi) is 5.78. The first-order chi connectivity index (χ1) is 10.1. The molecule has 0 amide bonds. The number of rotatable bonds is 5. The molecular weight excluding hydrogens is 268 g/mol. The topological polar surface area (TPSA) is 52.6 Å². The molecule has 1 aliphatic rings. The second-order valence-corrected chi connectivity index (χ2v) is 5.54. The van der Waals surface area contributed by atoms with E-state index in [1.807, 2.05) is 6.07 Å². The number of hydrogen-bond acceptors (Lipinski definition) is 4. The zero-order valence-electron chi connectivity index (χ0n) is 12.4. The average Bonchev–Trinajstić information content (AvgIpc) is 2.48. The molecule has 0 heterocycles. The highest BCUT2D eigenvalue weighted by Crippen LogP contribution is 2.21. The van der Waals surface area contributed by atoms with Gasteiger partial charge in [0, 0.05) is 0 Å². The van der Waals surface area contributed by atoms with Crippen LogP contribution in [0.3, 0.4) is 0 Å². The largest absolute Gasteiger partial charge is 0.462 e. The minimum atomic E-state index is -0.478. The fraction of sp³-hybridized carbons (Fsp3) is 0.529. The van der Waals surface area contributed by atoms with Crippen LogP contribution in [-0.2, 0) is 14.3 Å². The Morgan fingerprint density at radius 2 is 1.81 bits per heavy atom. The van der Waals surface area contributed by atoms with Crippen molar-refractivity contribution in [2.24, 2.45) is 0 Å². The van der Waals surface area contributed by atoms with Crippen molar-refractivity contribution in [3.8, 4) is 0 Å². The van der Waals surface area contributed by atoms with Gasteiger partial charge in [-0.05, 0) is 44.7 Å². The maximum atomic E-state index is 11.9. The fourth-order valence-corrected chi connectivity index (χ4v) is 2.52. The smallest absolute Gasteiger partial charge is 0.338 e. The van der Waals surface area contributed by atoms with Crippen LogP contribution < -0.4 is 0 Å². The average molecular weight is 290 g/mol. The van der Waals surface area contributed by atoms with E-state index in [0.717, 1.165) is 25.7 Å². The third-order valence-electron chi connectivity index (χ3n) is 3.62. The van der Waals surface area contributed by atoms with Crippen molar-refractivity contribution in [3.05, 3.63) is 35.9 Å². The summed E-state index contributed by atoms with van der Waals surface area (Å²) in [7, 11) is 0. The fourth-order valence-electron chi connectivity index (χ4n) is 2.52. The van der Waals surface area contributed by atoms with Gasteiger partial charge >= 0.3 is 11.9 Å². The van der Waals surface area contributed by atoms with Crippen LogP contribution >= 0.6 is 0 Å². The molecule has 114 valence electrons. The molecule has 0 saturated heterocycles. The van der Waals surface area contributed by atoms with Crippen molar-refractivity contribution in [3.63, 3.8) is 0 Å². The molecule has 2 rings (SSSR count). The molecule has 0 radical (unpaired) electrons. The van der Waals surface area contributed by atoms with Gasteiger partial charge in [-0.1, -0.05) is 24.6 Å². The van der Waals surface area contributed by atoms with Crippen LogP contribution in [0.2, 0.25) is 0 Å². The minimum absolute atomic E-state index is 0.0447. The molecule has 0 aromatic heterocycles. The van der Waals surface area contributed by atoms with Crippen LogP contribution in [0.4, 0.5) is 0 Å². The number of carbonyl (C=O) groups is 2.